The molecule has 112 valence electrons. The Morgan fingerprint density at radius 1 is 1.40 bits per heavy atom. The van der Waals surface area contributed by atoms with Gasteiger partial charge in [-0.2, -0.15) is 0 Å². The summed E-state index contributed by atoms with van der Waals surface area (Å²) >= 11 is 0. The fourth-order valence-corrected chi connectivity index (χ4v) is 2.08. The van der Waals surface area contributed by atoms with Crippen LogP contribution in [0.4, 0.5) is 0 Å². The van der Waals surface area contributed by atoms with Crippen molar-refractivity contribution in [3.05, 3.63) is 29.3 Å². The van der Waals surface area contributed by atoms with Crippen molar-refractivity contribution in [1.29, 1.82) is 0 Å². The number of hydrogen-bond acceptors (Lipinski definition) is 3. The zero-order valence-corrected chi connectivity index (χ0v) is 12.7. The molecular weight excluding hydrogens is 252 g/mol. The maximum absolute atomic E-state index is 8.72. The summed E-state index contributed by atoms with van der Waals surface area (Å²) in [5.74, 6) is 1.50. The van der Waals surface area contributed by atoms with Gasteiger partial charge in [0.1, 0.15) is 5.75 Å². The van der Waals surface area contributed by atoms with E-state index >= 15 is 0 Å². The van der Waals surface area contributed by atoms with Gasteiger partial charge in [-0.25, -0.2) is 0 Å². The van der Waals surface area contributed by atoms with Gasteiger partial charge in [-0.15, -0.1) is 0 Å². The van der Waals surface area contributed by atoms with E-state index in [0.29, 0.717) is 11.5 Å². The van der Waals surface area contributed by atoms with Gasteiger partial charge in [-0.05, 0) is 30.9 Å². The molecule has 1 unspecified atom stereocenters. The van der Waals surface area contributed by atoms with Gasteiger partial charge in [0.15, 0.2) is 5.84 Å². The molecule has 1 aromatic rings. The Balaban J connectivity index is 2.71. The Hall–Kier alpha value is -1.71. The van der Waals surface area contributed by atoms with E-state index in [4.69, 9.17) is 15.7 Å². The standard InChI is InChI=1S/C16H26N2O2/c1-4-6-7-13(5-2)11-20-15-10-14(16(17)18-19)9-8-12(15)3/h8-10,13,19H,4-7,11H2,1-3H3,(H2,17,18). The first-order chi connectivity index (χ1) is 9.62. The first-order valence-electron chi connectivity index (χ1n) is 7.33. The summed E-state index contributed by atoms with van der Waals surface area (Å²) in [5.41, 5.74) is 7.34. The number of ether oxygens (including phenoxy) is 1. The molecule has 1 rings (SSSR count). The lowest BCUT2D eigenvalue weighted by Gasteiger charge is -2.17. The number of rotatable bonds is 8. The molecule has 20 heavy (non-hydrogen) atoms. The highest BCUT2D eigenvalue weighted by atomic mass is 16.5. The molecule has 0 saturated carbocycles. The Morgan fingerprint density at radius 3 is 2.75 bits per heavy atom. The quantitative estimate of drug-likeness (QED) is 0.330. The van der Waals surface area contributed by atoms with Crippen molar-refractivity contribution in [2.75, 3.05) is 6.61 Å². The van der Waals surface area contributed by atoms with Crippen LogP contribution in [-0.2, 0) is 0 Å². The van der Waals surface area contributed by atoms with Crippen molar-refractivity contribution in [2.24, 2.45) is 16.8 Å². The van der Waals surface area contributed by atoms with Crippen molar-refractivity contribution in [2.45, 2.75) is 46.5 Å². The summed E-state index contributed by atoms with van der Waals surface area (Å²) in [5, 5.41) is 11.7. The Kier molecular flexibility index (Phi) is 6.91. The monoisotopic (exact) mass is 278 g/mol. The van der Waals surface area contributed by atoms with E-state index < -0.39 is 0 Å². The van der Waals surface area contributed by atoms with Crippen LogP contribution in [0.2, 0.25) is 0 Å². The van der Waals surface area contributed by atoms with Gasteiger partial charge in [0.2, 0.25) is 0 Å². The first kappa shape index (κ1) is 16.3. The van der Waals surface area contributed by atoms with Crippen molar-refractivity contribution in [3.8, 4) is 5.75 Å². The average molecular weight is 278 g/mol. The number of unbranched alkanes of at least 4 members (excludes halogenated alkanes) is 1. The molecule has 3 N–H and O–H groups in total. The minimum Gasteiger partial charge on any atom is -0.493 e. The zero-order valence-electron chi connectivity index (χ0n) is 12.7. The molecule has 1 atom stereocenters. The predicted molar refractivity (Wildman–Crippen MR) is 82.5 cm³/mol. The molecule has 0 amide bonds. The average Bonchev–Trinajstić information content (AvgIpc) is 2.48. The molecule has 1 aromatic carbocycles. The normalized spacial score (nSPS) is 13.2. The van der Waals surface area contributed by atoms with Gasteiger partial charge in [0.05, 0.1) is 6.61 Å². The third kappa shape index (κ3) is 4.76. The molecule has 0 fully saturated rings. The van der Waals surface area contributed by atoms with Gasteiger partial charge in [-0.1, -0.05) is 50.4 Å². The molecule has 0 radical (unpaired) electrons. The molecule has 0 aliphatic carbocycles. The van der Waals surface area contributed by atoms with Crippen LogP contribution < -0.4 is 10.5 Å². The van der Waals surface area contributed by atoms with Crippen LogP contribution in [0.5, 0.6) is 5.75 Å². The summed E-state index contributed by atoms with van der Waals surface area (Å²) in [7, 11) is 0. The Bertz CT molecular complexity index is 444. The maximum atomic E-state index is 8.72. The molecule has 0 aromatic heterocycles. The van der Waals surface area contributed by atoms with E-state index in [1.807, 2.05) is 25.1 Å². The van der Waals surface area contributed by atoms with Crippen molar-refractivity contribution in [3.63, 3.8) is 0 Å². The molecule has 0 heterocycles. The van der Waals surface area contributed by atoms with Crippen LogP contribution in [0, 0.1) is 12.8 Å². The topological polar surface area (TPSA) is 67.8 Å². The Labute approximate surface area is 121 Å². The summed E-state index contributed by atoms with van der Waals surface area (Å²) in [6, 6.07) is 5.58. The molecule has 0 bridgehead atoms. The number of amidine groups is 1. The molecule has 0 saturated heterocycles. The molecule has 0 aliphatic rings. The Morgan fingerprint density at radius 2 is 2.15 bits per heavy atom. The number of hydrogen-bond donors (Lipinski definition) is 2. The summed E-state index contributed by atoms with van der Waals surface area (Å²) in [4.78, 5) is 0. The van der Waals surface area contributed by atoms with Gasteiger partial charge in [0, 0.05) is 5.56 Å². The zero-order chi connectivity index (χ0) is 15.0. The smallest absolute Gasteiger partial charge is 0.170 e. The minimum absolute atomic E-state index is 0.105. The third-order valence-electron chi connectivity index (χ3n) is 3.61. The second-order valence-electron chi connectivity index (χ2n) is 5.19. The number of nitrogens with two attached hydrogens (primary N) is 1. The number of aryl methyl sites for hydroxylation is 1. The predicted octanol–water partition coefficient (Wildman–Crippen LogP) is 3.68. The van der Waals surface area contributed by atoms with Crippen LogP contribution in [0.1, 0.15) is 50.7 Å². The van der Waals surface area contributed by atoms with E-state index in [1.165, 1.54) is 19.3 Å². The molecule has 4 nitrogen and oxygen atoms in total. The molecule has 4 heteroatoms. The third-order valence-corrected chi connectivity index (χ3v) is 3.61. The fraction of sp³-hybridized carbons (Fsp3) is 0.562. The maximum Gasteiger partial charge on any atom is 0.170 e. The summed E-state index contributed by atoms with van der Waals surface area (Å²) in [6.07, 6.45) is 4.78. The fourth-order valence-electron chi connectivity index (χ4n) is 2.08. The minimum atomic E-state index is 0.105. The highest BCUT2D eigenvalue weighted by Gasteiger charge is 2.09. The van der Waals surface area contributed by atoms with E-state index in [1.54, 1.807) is 0 Å². The highest BCUT2D eigenvalue weighted by molar-refractivity contribution is 5.97. The van der Waals surface area contributed by atoms with Crippen LogP contribution >= 0.6 is 0 Å². The van der Waals surface area contributed by atoms with Gasteiger partial charge < -0.3 is 15.7 Å². The summed E-state index contributed by atoms with van der Waals surface area (Å²) in [6.45, 7) is 7.12. The second kappa shape index (κ2) is 8.46. The largest absolute Gasteiger partial charge is 0.493 e. The van der Waals surface area contributed by atoms with Gasteiger partial charge >= 0.3 is 0 Å². The van der Waals surface area contributed by atoms with Gasteiger partial charge in [0.25, 0.3) is 0 Å². The van der Waals surface area contributed by atoms with Crippen molar-refractivity contribution < 1.29 is 9.94 Å². The molecular formula is C16H26N2O2. The van der Waals surface area contributed by atoms with Crippen LogP contribution in [0.15, 0.2) is 23.4 Å². The number of oxime groups is 1. The van der Waals surface area contributed by atoms with Crippen LogP contribution in [0.3, 0.4) is 0 Å². The van der Waals surface area contributed by atoms with E-state index in [0.717, 1.165) is 24.3 Å². The van der Waals surface area contributed by atoms with E-state index in [2.05, 4.69) is 19.0 Å². The second-order valence-corrected chi connectivity index (χ2v) is 5.19. The van der Waals surface area contributed by atoms with E-state index in [9.17, 15) is 0 Å². The molecule has 0 aliphatic heterocycles. The number of nitrogens with zero attached hydrogens (tertiary/aromatic N) is 1. The summed E-state index contributed by atoms with van der Waals surface area (Å²) < 4.78 is 5.93. The van der Waals surface area contributed by atoms with E-state index in [-0.39, 0.29) is 5.84 Å². The lowest BCUT2D eigenvalue weighted by atomic mass is 10.0. The highest BCUT2D eigenvalue weighted by Crippen LogP contribution is 2.22. The SMILES string of the molecule is CCCCC(CC)COc1cc(/C(N)=N/O)ccc1C. The first-order valence-corrected chi connectivity index (χ1v) is 7.33. The van der Waals surface area contributed by atoms with Crippen LogP contribution in [0.25, 0.3) is 0 Å². The lowest BCUT2D eigenvalue weighted by Crippen LogP contribution is -2.15. The number of benzene rings is 1. The lowest BCUT2D eigenvalue weighted by molar-refractivity contribution is 0.232. The van der Waals surface area contributed by atoms with Crippen molar-refractivity contribution in [1.82, 2.24) is 0 Å². The van der Waals surface area contributed by atoms with Crippen LogP contribution in [-0.4, -0.2) is 17.6 Å². The van der Waals surface area contributed by atoms with Gasteiger partial charge in [-0.3, -0.25) is 0 Å². The molecule has 0 spiro atoms. The van der Waals surface area contributed by atoms with Crippen molar-refractivity contribution >= 4 is 5.84 Å².